The second kappa shape index (κ2) is 6.23. The van der Waals surface area contributed by atoms with E-state index in [-0.39, 0.29) is 6.03 Å². The number of benzene rings is 1. The summed E-state index contributed by atoms with van der Waals surface area (Å²) >= 11 is 0. The molecular weight excluding hydrogens is 252 g/mol. The van der Waals surface area contributed by atoms with Crippen LogP contribution in [0.5, 0.6) is 0 Å². The molecular formula is C15H20N4O. The Morgan fingerprint density at radius 3 is 2.75 bits per heavy atom. The molecule has 2 aromatic rings. The molecule has 0 atom stereocenters. The molecule has 0 radical (unpaired) electrons. The van der Waals surface area contributed by atoms with Gasteiger partial charge in [0, 0.05) is 25.4 Å². The number of hydrogen-bond donors (Lipinski definition) is 2. The molecule has 0 aliphatic heterocycles. The number of carbonyl (C=O) groups excluding carboxylic acids is 1. The molecule has 0 saturated heterocycles. The number of aromatic nitrogens is 2. The van der Waals surface area contributed by atoms with Gasteiger partial charge in [-0.3, -0.25) is 10.00 Å². The van der Waals surface area contributed by atoms with Gasteiger partial charge in [-0.2, -0.15) is 5.10 Å². The molecule has 2 rings (SSSR count). The van der Waals surface area contributed by atoms with E-state index in [9.17, 15) is 4.79 Å². The van der Waals surface area contributed by atoms with Crippen LogP contribution in [0.2, 0.25) is 0 Å². The van der Waals surface area contributed by atoms with Gasteiger partial charge in [0.2, 0.25) is 0 Å². The smallest absolute Gasteiger partial charge is 0.320 e. The minimum absolute atomic E-state index is 0.226. The van der Waals surface area contributed by atoms with E-state index in [0.717, 1.165) is 12.1 Å². The summed E-state index contributed by atoms with van der Waals surface area (Å²) in [7, 11) is 1.84. The zero-order valence-corrected chi connectivity index (χ0v) is 12.1. The summed E-state index contributed by atoms with van der Waals surface area (Å²) in [6.07, 6.45) is 0.816. The van der Waals surface area contributed by atoms with Crippen LogP contribution in [0.1, 0.15) is 16.8 Å². The van der Waals surface area contributed by atoms with Crippen molar-refractivity contribution in [2.24, 2.45) is 7.05 Å². The van der Waals surface area contributed by atoms with Crippen molar-refractivity contribution in [1.82, 2.24) is 15.1 Å². The summed E-state index contributed by atoms with van der Waals surface area (Å²) < 4.78 is 1.72. The predicted molar refractivity (Wildman–Crippen MR) is 79.8 cm³/mol. The average Bonchev–Trinajstić information content (AvgIpc) is 2.68. The lowest BCUT2D eigenvalue weighted by Gasteiger charge is -2.06. The topological polar surface area (TPSA) is 59.0 Å². The highest BCUT2D eigenvalue weighted by atomic mass is 16.2. The van der Waals surface area contributed by atoms with E-state index in [1.807, 2.05) is 26.1 Å². The quantitative estimate of drug-likeness (QED) is 0.898. The number of anilines is 1. The molecule has 20 heavy (non-hydrogen) atoms. The molecule has 0 saturated carbocycles. The minimum Gasteiger partial charge on any atom is -0.337 e. The molecule has 2 amide bonds. The van der Waals surface area contributed by atoms with Crippen LogP contribution in [-0.4, -0.2) is 22.4 Å². The van der Waals surface area contributed by atoms with Gasteiger partial charge in [-0.05, 0) is 25.8 Å². The van der Waals surface area contributed by atoms with Gasteiger partial charge in [0.25, 0.3) is 0 Å². The Hall–Kier alpha value is -2.30. The highest BCUT2D eigenvalue weighted by Crippen LogP contribution is 2.06. The Kier molecular flexibility index (Phi) is 4.40. The van der Waals surface area contributed by atoms with Crippen LogP contribution >= 0.6 is 0 Å². The number of rotatable bonds is 4. The standard InChI is InChI=1S/C15H20N4O/c1-11-5-4-6-13(9-11)7-8-16-15(20)17-14-10-12(2)19(3)18-14/h4-6,9-10H,7-8H2,1-3H3,(H2,16,17,18,20). The lowest BCUT2D eigenvalue weighted by Crippen LogP contribution is -2.30. The van der Waals surface area contributed by atoms with E-state index in [2.05, 4.69) is 40.9 Å². The summed E-state index contributed by atoms with van der Waals surface area (Å²) in [6.45, 7) is 4.60. The number of hydrogen-bond acceptors (Lipinski definition) is 2. The first-order valence-corrected chi connectivity index (χ1v) is 6.65. The van der Waals surface area contributed by atoms with E-state index in [1.165, 1.54) is 11.1 Å². The van der Waals surface area contributed by atoms with Gasteiger partial charge in [0.05, 0.1) is 0 Å². The number of aryl methyl sites for hydroxylation is 3. The van der Waals surface area contributed by atoms with Crippen molar-refractivity contribution in [3.05, 3.63) is 47.2 Å². The van der Waals surface area contributed by atoms with Crippen molar-refractivity contribution in [3.8, 4) is 0 Å². The van der Waals surface area contributed by atoms with Crippen molar-refractivity contribution < 1.29 is 4.79 Å². The Bertz CT molecular complexity index is 584. The third kappa shape index (κ3) is 3.85. The van der Waals surface area contributed by atoms with Crippen molar-refractivity contribution >= 4 is 11.8 Å². The lowest BCUT2D eigenvalue weighted by atomic mass is 10.1. The zero-order chi connectivity index (χ0) is 14.5. The molecule has 0 fully saturated rings. The molecule has 1 aromatic carbocycles. The van der Waals surface area contributed by atoms with Gasteiger partial charge in [0.1, 0.15) is 0 Å². The molecule has 1 aromatic heterocycles. The Balaban J connectivity index is 1.78. The summed E-state index contributed by atoms with van der Waals surface area (Å²) in [6, 6.07) is 9.89. The molecule has 0 unspecified atom stereocenters. The second-order valence-corrected chi connectivity index (χ2v) is 4.91. The number of carbonyl (C=O) groups is 1. The zero-order valence-electron chi connectivity index (χ0n) is 12.1. The number of amides is 2. The van der Waals surface area contributed by atoms with E-state index in [4.69, 9.17) is 0 Å². The van der Waals surface area contributed by atoms with Gasteiger partial charge in [-0.1, -0.05) is 29.8 Å². The SMILES string of the molecule is Cc1cccc(CCNC(=O)Nc2cc(C)n(C)n2)c1. The highest BCUT2D eigenvalue weighted by Gasteiger charge is 2.05. The molecule has 5 nitrogen and oxygen atoms in total. The summed E-state index contributed by atoms with van der Waals surface area (Å²) in [4.78, 5) is 11.7. The lowest BCUT2D eigenvalue weighted by molar-refractivity contribution is 0.252. The van der Waals surface area contributed by atoms with Crippen molar-refractivity contribution in [2.75, 3.05) is 11.9 Å². The maximum atomic E-state index is 11.7. The maximum Gasteiger partial charge on any atom is 0.320 e. The van der Waals surface area contributed by atoms with Crippen LogP contribution in [0, 0.1) is 13.8 Å². The number of nitrogens with one attached hydrogen (secondary N) is 2. The first-order valence-electron chi connectivity index (χ1n) is 6.65. The average molecular weight is 272 g/mol. The molecule has 1 heterocycles. The van der Waals surface area contributed by atoms with Crippen molar-refractivity contribution in [1.29, 1.82) is 0 Å². The molecule has 2 N–H and O–H groups in total. The Morgan fingerprint density at radius 2 is 2.10 bits per heavy atom. The van der Waals surface area contributed by atoms with Gasteiger partial charge < -0.3 is 5.32 Å². The Labute approximate surface area is 119 Å². The number of urea groups is 1. The molecule has 106 valence electrons. The van der Waals surface area contributed by atoms with Crippen LogP contribution in [0.3, 0.4) is 0 Å². The fourth-order valence-corrected chi connectivity index (χ4v) is 1.97. The monoisotopic (exact) mass is 272 g/mol. The van der Waals surface area contributed by atoms with Crippen molar-refractivity contribution in [2.45, 2.75) is 20.3 Å². The number of nitrogens with zero attached hydrogens (tertiary/aromatic N) is 2. The summed E-state index contributed by atoms with van der Waals surface area (Å²) in [5.74, 6) is 0.568. The normalized spacial score (nSPS) is 10.3. The van der Waals surface area contributed by atoms with E-state index in [1.54, 1.807) is 4.68 Å². The first kappa shape index (κ1) is 14.1. The molecule has 0 aliphatic carbocycles. The van der Waals surface area contributed by atoms with Gasteiger partial charge in [-0.15, -0.1) is 0 Å². The second-order valence-electron chi connectivity index (χ2n) is 4.91. The molecule has 0 aliphatic rings. The van der Waals surface area contributed by atoms with Crippen LogP contribution < -0.4 is 10.6 Å². The van der Waals surface area contributed by atoms with E-state index < -0.39 is 0 Å². The van der Waals surface area contributed by atoms with E-state index >= 15 is 0 Å². The Morgan fingerprint density at radius 1 is 1.30 bits per heavy atom. The third-order valence-electron chi connectivity index (χ3n) is 3.14. The van der Waals surface area contributed by atoms with Crippen LogP contribution in [0.25, 0.3) is 0 Å². The highest BCUT2D eigenvalue weighted by molar-refractivity contribution is 5.88. The van der Waals surface area contributed by atoms with Gasteiger partial charge in [-0.25, -0.2) is 4.79 Å². The van der Waals surface area contributed by atoms with Gasteiger partial charge in [0.15, 0.2) is 5.82 Å². The van der Waals surface area contributed by atoms with Crippen LogP contribution in [0.15, 0.2) is 30.3 Å². The first-order chi connectivity index (χ1) is 9.54. The van der Waals surface area contributed by atoms with Crippen LogP contribution in [0.4, 0.5) is 10.6 Å². The fourth-order valence-electron chi connectivity index (χ4n) is 1.97. The third-order valence-corrected chi connectivity index (χ3v) is 3.14. The van der Waals surface area contributed by atoms with E-state index in [0.29, 0.717) is 12.4 Å². The van der Waals surface area contributed by atoms with Crippen molar-refractivity contribution in [3.63, 3.8) is 0 Å². The minimum atomic E-state index is -0.226. The molecule has 0 spiro atoms. The fraction of sp³-hybridized carbons (Fsp3) is 0.333. The largest absolute Gasteiger partial charge is 0.337 e. The molecule has 0 bridgehead atoms. The van der Waals surface area contributed by atoms with Crippen LogP contribution in [-0.2, 0) is 13.5 Å². The van der Waals surface area contributed by atoms with Gasteiger partial charge >= 0.3 is 6.03 Å². The summed E-state index contributed by atoms with van der Waals surface area (Å²) in [5.41, 5.74) is 3.45. The maximum absolute atomic E-state index is 11.7. The molecule has 5 heteroatoms. The predicted octanol–water partition coefficient (Wildman–Crippen LogP) is 2.40. The summed E-state index contributed by atoms with van der Waals surface area (Å²) in [5, 5.41) is 9.72.